The Kier molecular flexibility index (Phi) is 4.12. The highest BCUT2D eigenvalue weighted by molar-refractivity contribution is 7.89. The van der Waals surface area contributed by atoms with Crippen LogP contribution in [0.15, 0.2) is 0 Å². The molecule has 2 atom stereocenters. The molecule has 3 saturated heterocycles. The lowest BCUT2D eigenvalue weighted by Gasteiger charge is -2.32. The Morgan fingerprint density at radius 2 is 1.79 bits per heavy atom. The number of piperidine rings is 1. The summed E-state index contributed by atoms with van der Waals surface area (Å²) in [6.45, 7) is 5.23. The number of sulfonamides is 1. The molecule has 0 aromatic heterocycles. The first-order valence-corrected chi connectivity index (χ1v) is 9.12. The molecule has 1 N–H and O–H groups in total. The Labute approximate surface area is 116 Å². The Morgan fingerprint density at radius 3 is 2.47 bits per heavy atom. The van der Waals surface area contributed by atoms with Gasteiger partial charge in [0.25, 0.3) is 0 Å². The minimum Gasteiger partial charge on any atom is -0.315 e. The molecule has 110 valence electrons. The molecule has 0 radical (unpaired) electrons. The Bertz CT molecular complexity index is 400. The van der Waals surface area contributed by atoms with Crippen LogP contribution >= 0.6 is 0 Å². The predicted molar refractivity (Wildman–Crippen MR) is 75.6 cm³/mol. The van der Waals surface area contributed by atoms with Gasteiger partial charge in [0.15, 0.2) is 0 Å². The van der Waals surface area contributed by atoms with Crippen LogP contribution in [0.4, 0.5) is 0 Å². The van der Waals surface area contributed by atoms with Gasteiger partial charge >= 0.3 is 0 Å². The third-order valence-corrected chi connectivity index (χ3v) is 7.13. The van der Waals surface area contributed by atoms with Gasteiger partial charge in [-0.15, -0.1) is 0 Å². The monoisotopic (exact) mass is 287 g/mol. The fraction of sp³-hybridized carbons (Fsp3) is 1.00. The minimum atomic E-state index is -3.07. The van der Waals surface area contributed by atoms with Crippen molar-refractivity contribution in [1.29, 1.82) is 0 Å². The van der Waals surface area contributed by atoms with Crippen LogP contribution in [-0.2, 0) is 10.0 Å². The van der Waals surface area contributed by atoms with Crippen molar-refractivity contribution < 1.29 is 8.42 Å². The zero-order valence-corrected chi connectivity index (χ0v) is 12.4. The molecule has 3 aliphatic heterocycles. The van der Waals surface area contributed by atoms with E-state index in [-0.39, 0.29) is 5.25 Å². The maximum atomic E-state index is 12.5. The summed E-state index contributed by atoms with van der Waals surface area (Å²) in [4.78, 5) is 2.51. The molecule has 5 nitrogen and oxygen atoms in total. The van der Waals surface area contributed by atoms with Gasteiger partial charge in [-0.1, -0.05) is 6.42 Å². The molecule has 0 saturated carbocycles. The van der Waals surface area contributed by atoms with Crippen molar-refractivity contribution in [1.82, 2.24) is 14.5 Å². The molecule has 3 rings (SSSR count). The van der Waals surface area contributed by atoms with E-state index in [1.54, 1.807) is 4.31 Å². The molecular weight excluding hydrogens is 262 g/mol. The summed E-state index contributed by atoms with van der Waals surface area (Å²) in [5.41, 5.74) is 0. The molecule has 3 aliphatic rings. The average Bonchev–Trinajstić information content (AvgIpc) is 3.12. The first-order valence-electron chi connectivity index (χ1n) is 7.61. The van der Waals surface area contributed by atoms with Crippen LogP contribution in [0.2, 0.25) is 0 Å². The molecular formula is C13H25N3O2S. The summed E-state index contributed by atoms with van der Waals surface area (Å²) >= 11 is 0. The number of hydrogen-bond donors (Lipinski definition) is 1. The largest absolute Gasteiger partial charge is 0.315 e. The van der Waals surface area contributed by atoms with Gasteiger partial charge in [0, 0.05) is 25.7 Å². The molecule has 0 spiro atoms. The summed E-state index contributed by atoms with van der Waals surface area (Å²) in [5, 5.41) is 2.97. The minimum absolute atomic E-state index is 0.187. The summed E-state index contributed by atoms with van der Waals surface area (Å²) in [6.07, 6.45) is 5.66. The third kappa shape index (κ3) is 2.82. The second kappa shape index (κ2) is 5.68. The fourth-order valence-corrected chi connectivity index (χ4v) is 5.52. The van der Waals surface area contributed by atoms with Gasteiger partial charge in [0.1, 0.15) is 0 Å². The number of hydrogen-bond acceptors (Lipinski definition) is 4. The summed E-state index contributed by atoms with van der Waals surface area (Å²) in [6, 6.07) is 0.462. The lowest BCUT2D eigenvalue weighted by atomic mass is 10.1. The lowest BCUT2D eigenvalue weighted by molar-refractivity contribution is 0.169. The molecule has 0 amide bonds. The summed E-state index contributed by atoms with van der Waals surface area (Å²) in [7, 11) is -3.07. The van der Waals surface area contributed by atoms with Gasteiger partial charge < -0.3 is 5.32 Å². The quantitative estimate of drug-likeness (QED) is 0.808. The highest BCUT2D eigenvalue weighted by atomic mass is 32.2. The highest BCUT2D eigenvalue weighted by Crippen LogP contribution is 2.25. The molecule has 3 fully saturated rings. The zero-order chi connectivity index (χ0) is 13.3. The molecule has 0 aromatic rings. The summed E-state index contributed by atoms with van der Waals surface area (Å²) < 4.78 is 26.8. The van der Waals surface area contributed by atoms with E-state index in [0.717, 1.165) is 45.6 Å². The smallest absolute Gasteiger partial charge is 0.218 e. The van der Waals surface area contributed by atoms with E-state index in [1.165, 1.54) is 19.3 Å². The van der Waals surface area contributed by atoms with Crippen LogP contribution in [0.25, 0.3) is 0 Å². The van der Waals surface area contributed by atoms with Crippen molar-refractivity contribution in [3.63, 3.8) is 0 Å². The van der Waals surface area contributed by atoms with Crippen LogP contribution in [-0.4, -0.2) is 68.2 Å². The van der Waals surface area contributed by atoms with Crippen molar-refractivity contribution in [2.45, 2.75) is 43.4 Å². The summed E-state index contributed by atoms with van der Waals surface area (Å²) in [5.74, 6) is 0. The number of nitrogens with zero attached hydrogens (tertiary/aromatic N) is 2. The van der Waals surface area contributed by atoms with Gasteiger partial charge in [-0.25, -0.2) is 12.7 Å². The Balaban J connectivity index is 1.61. The maximum Gasteiger partial charge on any atom is 0.218 e. The van der Waals surface area contributed by atoms with Crippen LogP contribution in [0.1, 0.15) is 32.1 Å². The van der Waals surface area contributed by atoms with E-state index in [4.69, 9.17) is 0 Å². The number of likely N-dealkylation sites (tertiary alicyclic amines) is 1. The zero-order valence-electron chi connectivity index (χ0n) is 11.6. The van der Waals surface area contributed by atoms with Crippen molar-refractivity contribution in [3.05, 3.63) is 0 Å². The molecule has 6 heteroatoms. The highest BCUT2D eigenvalue weighted by Gasteiger charge is 2.39. The standard InChI is InChI=1S/C13H25N3O2S/c17-19(18,13-4-6-14-10-13)16-9-5-12(11-16)15-7-2-1-3-8-15/h12-14H,1-11H2. The predicted octanol–water partition coefficient (Wildman–Crippen LogP) is 0.238. The average molecular weight is 287 g/mol. The van der Waals surface area contributed by atoms with Gasteiger partial charge in [-0.05, 0) is 45.3 Å². The van der Waals surface area contributed by atoms with Gasteiger partial charge in [-0.2, -0.15) is 0 Å². The maximum absolute atomic E-state index is 12.5. The third-order valence-electron chi connectivity index (χ3n) is 4.83. The van der Waals surface area contributed by atoms with E-state index in [2.05, 4.69) is 10.2 Å². The van der Waals surface area contributed by atoms with Gasteiger partial charge in [-0.3, -0.25) is 4.90 Å². The van der Waals surface area contributed by atoms with E-state index in [9.17, 15) is 8.42 Å². The Morgan fingerprint density at radius 1 is 1.00 bits per heavy atom. The first-order chi connectivity index (χ1) is 9.18. The second-order valence-corrected chi connectivity index (χ2v) is 8.27. The van der Waals surface area contributed by atoms with Gasteiger partial charge in [0.2, 0.25) is 10.0 Å². The molecule has 0 aliphatic carbocycles. The van der Waals surface area contributed by atoms with Crippen LogP contribution in [0, 0.1) is 0 Å². The van der Waals surface area contributed by atoms with E-state index < -0.39 is 10.0 Å². The fourth-order valence-electron chi connectivity index (χ4n) is 3.62. The molecule has 3 heterocycles. The number of rotatable bonds is 3. The van der Waals surface area contributed by atoms with Crippen LogP contribution in [0.5, 0.6) is 0 Å². The van der Waals surface area contributed by atoms with E-state index in [1.807, 2.05) is 0 Å². The topological polar surface area (TPSA) is 52.7 Å². The lowest BCUT2D eigenvalue weighted by Crippen LogP contribution is -2.43. The SMILES string of the molecule is O=S(=O)(C1CCNC1)N1CCC(N2CCCCC2)C1. The molecule has 19 heavy (non-hydrogen) atoms. The van der Waals surface area contributed by atoms with Crippen molar-refractivity contribution >= 4 is 10.0 Å². The van der Waals surface area contributed by atoms with Crippen molar-refractivity contribution in [3.8, 4) is 0 Å². The second-order valence-electron chi connectivity index (χ2n) is 6.06. The normalized spacial score (nSPS) is 34.9. The Hall–Kier alpha value is -0.170. The molecule has 0 bridgehead atoms. The first kappa shape index (κ1) is 13.8. The van der Waals surface area contributed by atoms with Crippen molar-refractivity contribution in [2.75, 3.05) is 39.3 Å². The van der Waals surface area contributed by atoms with Crippen molar-refractivity contribution in [2.24, 2.45) is 0 Å². The van der Waals surface area contributed by atoms with Crippen LogP contribution < -0.4 is 5.32 Å². The number of nitrogens with one attached hydrogen (secondary N) is 1. The van der Waals surface area contributed by atoms with E-state index >= 15 is 0 Å². The van der Waals surface area contributed by atoms with Gasteiger partial charge in [0.05, 0.1) is 5.25 Å². The molecule has 0 aromatic carbocycles. The van der Waals surface area contributed by atoms with E-state index in [0.29, 0.717) is 12.6 Å². The van der Waals surface area contributed by atoms with Crippen LogP contribution in [0.3, 0.4) is 0 Å². The molecule has 2 unspecified atom stereocenters.